The van der Waals surface area contributed by atoms with Crippen LogP contribution in [0.25, 0.3) is 0 Å². The maximum Gasteiger partial charge on any atom is 0.267 e. The summed E-state index contributed by atoms with van der Waals surface area (Å²) >= 11 is 1.15. The lowest BCUT2D eigenvalue weighted by molar-refractivity contribution is 0.0752. The van der Waals surface area contributed by atoms with Crippen molar-refractivity contribution in [2.75, 3.05) is 13.6 Å². The average Bonchev–Trinajstić information content (AvgIpc) is 2.73. The van der Waals surface area contributed by atoms with E-state index in [1.807, 2.05) is 13.8 Å². The van der Waals surface area contributed by atoms with Gasteiger partial charge in [-0.25, -0.2) is 0 Å². The summed E-state index contributed by atoms with van der Waals surface area (Å²) < 4.78 is 3.79. The van der Waals surface area contributed by atoms with Crippen LogP contribution in [0.15, 0.2) is 0 Å². The Labute approximate surface area is 106 Å². The van der Waals surface area contributed by atoms with E-state index in [9.17, 15) is 4.79 Å². The van der Waals surface area contributed by atoms with Crippen LogP contribution in [0.2, 0.25) is 0 Å². The van der Waals surface area contributed by atoms with Gasteiger partial charge in [-0.1, -0.05) is 11.4 Å². The molecule has 7 heteroatoms. The lowest BCUT2D eigenvalue weighted by Crippen LogP contribution is -2.39. The van der Waals surface area contributed by atoms with E-state index in [1.54, 1.807) is 11.9 Å². The highest BCUT2D eigenvalue weighted by Crippen LogP contribution is 2.14. The van der Waals surface area contributed by atoms with Crippen LogP contribution < -0.4 is 5.73 Å². The maximum atomic E-state index is 12.0. The first-order valence-electron chi connectivity index (χ1n) is 4.90. The third kappa shape index (κ3) is 3.13. The normalized spacial score (nSPS) is 11.8. The van der Waals surface area contributed by atoms with E-state index in [4.69, 9.17) is 5.73 Å². The topological polar surface area (TPSA) is 72.1 Å². The third-order valence-corrected chi connectivity index (χ3v) is 3.16. The molecule has 0 radical (unpaired) electrons. The predicted molar refractivity (Wildman–Crippen MR) is 67.1 cm³/mol. The minimum Gasteiger partial charge on any atom is -0.337 e. The number of nitrogens with two attached hydrogens (primary N) is 1. The zero-order valence-electron chi connectivity index (χ0n) is 9.64. The van der Waals surface area contributed by atoms with Crippen molar-refractivity contribution in [3.63, 3.8) is 0 Å². The zero-order chi connectivity index (χ0) is 11.4. The number of halogens is 1. The molecule has 0 aliphatic heterocycles. The Balaban J connectivity index is 0.00000225. The molecule has 0 bridgehead atoms. The standard InChI is InChI=1S/C9H16N4OS.ClH/c1-4-7-8(15-12-11-7)9(14)13(3)6(2)5-10;/h6H,4-5,10H2,1-3H3;1H. The Morgan fingerprint density at radius 3 is 2.75 bits per heavy atom. The van der Waals surface area contributed by atoms with Crippen molar-refractivity contribution >= 4 is 29.8 Å². The average molecular weight is 265 g/mol. The molecule has 0 saturated heterocycles. The van der Waals surface area contributed by atoms with Gasteiger partial charge in [0.05, 0.1) is 5.69 Å². The van der Waals surface area contributed by atoms with Gasteiger partial charge in [0.2, 0.25) is 0 Å². The third-order valence-electron chi connectivity index (χ3n) is 2.41. The minimum atomic E-state index is -0.0419. The number of amides is 1. The van der Waals surface area contributed by atoms with Gasteiger partial charge in [-0.3, -0.25) is 4.79 Å². The maximum absolute atomic E-state index is 12.0. The van der Waals surface area contributed by atoms with Crippen LogP contribution in [0.5, 0.6) is 0 Å². The highest BCUT2D eigenvalue weighted by atomic mass is 35.5. The second-order valence-electron chi connectivity index (χ2n) is 3.40. The molecule has 1 aromatic rings. The van der Waals surface area contributed by atoms with E-state index in [0.29, 0.717) is 11.4 Å². The quantitative estimate of drug-likeness (QED) is 0.879. The van der Waals surface area contributed by atoms with Crippen LogP contribution >= 0.6 is 23.9 Å². The van der Waals surface area contributed by atoms with Crippen molar-refractivity contribution < 1.29 is 4.79 Å². The molecule has 0 aliphatic rings. The fourth-order valence-electron chi connectivity index (χ4n) is 1.12. The molecule has 1 unspecified atom stereocenters. The van der Waals surface area contributed by atoms with Crippen LogP contribution in [0.4, 0.5) is 0 Å². The van der Waals surface area contributed by atoms with Crippen LogP contribution in [0, 0.1) is 0 Å². The van der Waals surface area contributed by atoms with Gasteiger partial charge >= 0.3 is 0 Å². The Morgan fingerprint density at radius 2 is 2.25 bits per heavy atom. The highest BCUT2D eigenvalue weighted by molar-refractivity contribution is 7.07. The Hall–Kier alpha value is -0.720. The molecule has 1 atom stereocenters. The number of hydrogen-bond acceptors (Lipinski definition) is 5. The molecular formula is C9H17ClN4OS. The van der Waals surface area contributed by atoms with Crippen molar-refractivity contribution in [2.45, 2.75) is 26.3 Å². The molecule has 92 valence electrons. The second kappa shape index (κ2) is 6.78. The van der Waals surface area contributed by atoms with Crippen LogP contribution in [-0.4, -0.2) is 40.0 Å². The zero-order valence-corrected chi connectivity index (χ0v) is 11.3. The monoisotopic (exact) mass is 264 g/mol. The van der Waals surface area contributed by atoms with Gasteiger partial charge in [-0.2, -0.15) is 0 Å². The number of carbonyl (C=O) groups excluding carboxylic acids is 1. The minimum absolute atomic E-state index is 0. The lowest BCUT2D eigenvalue weighted by atomic mass is 10.2. The van der Waals surface area contributed by atoms with E-state index >= 15 is 0 Å². The first kappa shape index (κ1) is 15.3. The molecular weight excluding hydrogens is 248 g/mol. The van der Waals surface area contributed by atoms with Gasteiger partial charge in [0.25, 0.3) is 5.91 Å². The number of aromatic nitrogens is 2. The molecule has 1 rings (SSSR count). The van der Waals surface area contributed by atoms with E-state index in [-0.39, 0.29) is 24.4 Å². The van der Waals surface area contributed by atoms with Crippen molar-refractivity contribution in [1.82, 2.24) is 14.5 Å². The van der Waals surface area contributed by atoms with Gasteiger partial charge in [0, 0.05) is 19.6 Å². The van der Waals surface area contributed by atoms with Gasteiger partial charge in [-0.15, -0.1) is 17.5 Å². The van der Waals surface area contributed by atoms with Crippen LogP contribution in [0.3, 0.4) is 0 Å². The van der Waals surface area contributed by atoms with E-state index in [2.05, 4.69) is 9.59 Å². The lowest BCUT2D eigenvalue weighted by Gasteiger charge is -2.22. The van der Waals surface area contributed by atoms with Gasteiger partial charge in [0.15, 0.2) is 0 Å². The first-order chi connectivity index (χ1) is 7.11. The molecule has 0 fully saturated rings. The summed E-state index contributed by atoms with van der Waals surface area (Å²) in [6.07, 6.45) is 0.725. The molecule has 0 saturated carbocycles. The van der Waals surface area contributed by atoms with Crippen LogP contribution in [-0.2, 0) is 6.42 Å². The molecule has 16 heavy (non-hydrogen) atoms. The Bertz CT molecular complexity index is 344. The summed E-state index contributed by atoms with van der Waals surface area (Å²) in [7, 11) is 1.75. The Morgan fingerprint density at radius 1 is 1.62 bits per heavy atom. The molecule has 0 aliphatic carbocycles. The summed E-state index contributed by atoms with van der Waals surface area (Å²) in [5.74, 6) is -0.0419. The van der Waals surface area contributed by atoms with Gasteiger partial charge < -0.3 is 10.6 Å². The molecule has 1 amide bonds. The largest absolute Gasteiger partial charge is 0.337 e. The van der Waals surface area contributed by atoms with Crippen molar-refractivity contribution in [3.05, 3.63) is 10.6 Å². The molecule has 0 spiro atoms. The van der Waals surface area contributed by atoms with Crippen molar-refractivity contribution in [2.24, 2.45) is 5.73 Å². The van der Waals surface area contributed by atoms with Crippen molar-refractivity contribution in [3.8, 4) is 0 Å². The van der Waals surface area contributed by atoms with Gasteiger partial charge in [-0.05, 0) is 24.9 Å². The predicted octanol–water partition coefficient (Wildman–Crippen LogP) is 0.941. The number of aryl methyl sites for hydroxylation is 1. The summed E-state index contributed by atoms with van der Waals surface area (Å²) in [4.78, 5) is 14.2. The molecule has 1 aromatic heterocycles. The van der Waals surface area contributed by atoms with Crippen LogP contribution in [0.1, 0.15) is 29.2 Å². The Kier molecular flexibility index (Phi) is 6.47. The van der Waals surface area contributed by atoms with E-state index in [1.165, 1.54) is 0 Å². The SMILES string of the molecule is CCc1nnsc1C(=O)N(C)C(C)CN.Cl. The fourth-order valence-corrected chi connectivity index (χ4v) is 1.85. The molecule has 5 nitrogen and oxygen atoms in total. The number of likely N-dealkylation sites (N-methyl/N-ethyl adjacent to an activating group) is 1. The first-order valence-corrected chi connectivity index (χ1v) is 5.67. The van der Waals surface area contributed by atoms with Crippen molar-refractivity contribution in [1.29, 1.82) is 0 Å². The summed E-state index contributed by atoms with van der Waals surface area (Å²) in [5.41, 5.74) is 6.28. The number of hydrogen-bond donors (Lipinski definition) is 1. The number of rotatable bonds is 4. The van der Waals surface area contributed by atoms with E-state index < -0.39 is 0 Å². The van der Waals surface area contributed by atoms with E-state index in [0.717, 1.165) is 23.6 Å². The molecule has 2 N–H and O–H groups in total. The highest BCUT2D eigenvalue weighted by Gasteiger charge is 2.21. The second-order valence-corrected chi connectivity index (χ2v) is 4.16. The summed E-state index contributed by atoms with van der Waals surface area (Å²) in [6.45, 7) is 4.33. The molecule has 0 aromatic carbocycles. The fraction of sp³-hybridized carbons (Fsp3) is 0.667. The summed E-state index contributed by atoms with van der Waals surface area (Å²) in [6, 6.07) is 0.0318. The van der Waals surface area contributed by atoms with Gasteiger partial charge in [0.1, 0.15) is 4.88 Å². The smallest absolute Gasteiger partial charge is 0.267 e. The number of carbonyl (C=O) groups is 1. The summed E-state index contributed by atoms with van der Waals surface area (Å²) in [5, 5.41) is 3.91. The molecule has 1 heterocycles. The number of nitrogens with zero attached hydrogens (tertiary/aromatic N) is 3.